The van der Waals surface area contributed by atoms with E-state index in [1.54, 1.807) is 0 Å². The zero-order chi connectivity index (χ0) is 16.7. The van der Waals surface area contributed by atoms with Crippen molar-refractivity contribution in [2.75, 3.05) is 13.1 Å². The van der Waals surface area contributed by atoms with Gasteiger partial charge < -0.3 is 10.0 Å². The third-order valence-electron chi connectivity index (χ3n) is 6.20. The van der Waals surface area contributed by atoms with Crippen molar-refractivity contribution >= 4 is 5.91 Å². The van der Waals surface area contributed by atoms with Gasteiger partial charge >= 0.3 is 0 Å². The number of nitrogens with zero attached hydrogens (tertiary/aromatic N) is 1. The molecule has 24 heavy (non-hydrogen) atoms. The van der Waals surface area contributed by atoms with Crippen LogP contribution in [0.25, 0.3) is 0 Å². The highest BCUT2D eigenvalue weighted by Crippen LogP contribution is 2.40. The number of aliphatic hydroxyl groups is 1. The van der Waals surface area contributed by atoms with E-state index >= 15 is 0 Å². The van der Waals surface area contributed by atoms with Crippen LogP contribution in [-0.4, -0.2) is 34.6 Å². The number of amides is 1. The van der Waals surface area contributed by atoms with Gasteiger partial charge in [-0.2, -0.15) is 0 Å². The van der Waals surface area contributed by atoms with Crippen LogP contribution in [0.1, 0.15) is 62.5 Å². The van der Waals surface area contributed by atoms with Crippen LogP contribution >= 0.6 is 0 Å². The Morgan fingerprint density at radius 3 is 2.29 bits per heavy atom. The normalized spacial score (nSPS) is 30.9. The van der Waals surface area contributed by atoms with Crippen LogP contribution in [0.15, 0.2) is 24.3 Å². The number of carbonyl (C=O) groups excluding carboxylic acids is 1. The summed E-state index contributed by atoms with van der Waals surface area (Å²) in [6, 6.07) is 9.24. The summed E-state index contributed by atoms with van der Waals surface area (Å²) >= 11 is 0. The molecule has 130 valence electrons. The number of likely N-dealkylation sites (tertiary alicyclic amines) is 1. The van der Waals surface area contributed by atoms with Crippen molar-refractivity contribution in [3.05, 3.63) is 35.4 Å². The fourth-order valence-electron chi connectivity index (χ4n) is 4.47. The van der Waals surface area contributed by atoms with Gasteiger partial charge in [0.15, 0.2) is 0 Å². The number of hydrogen-bond acceptors (Lipinski definition) is 2. The Morgan fingerprint density at radius 1 is 1.12 bits per heavy atom. The standard InChI is InChI=1S/C21H29NO2/c1-21(24)13-19(14-21)20(23)22-10-8-16(9-11-22)12-15-2-4-17(5-3-15)18-6-7-18/h2-5,16,18-19,24H,6-14H2,1H3. The number of benzene rings is 1. The zero-order valence-corrected chi connectivity index (χ0v) is 14.7. The van der Waals surface area contributed by atoms with E-state index in [1.165, 1.54) is 24.0 Å². The molecule has 0 bridgehead atoms. The topological polar surface area (TPSA) is 40.5 Å². The average Bonchev–Trinajstić information content (AvgIpc) is 3.38. The predicted molar refractivity (Wildman–Crippen MR) is 94.8 cm³/mol. The Bertz CT molecular complexity index is 587. The molecule has 3 nitrogen and oxygen atoms in total. The quantitative estimate of drug-likeness (QED) is 0.919. The Hall–Kier alpha value is -1.35. The van der Waals surface area contributed by atoms with Gasteiger partial charge in [-0.1, -0.05) is 24.3 Å². The van der Waals surface area contributed by atoms with Crippen LogP contribution in [0.2, 0.25) is 0 Å². The fraction of sp³-hybridized carbons (Fsp3) is 0.667. The average molecular weight is 327 g/mol. The van der Waals surface area contributed by atoms with Crippen molar-refractivity contribution in [1.29, 1.82) is 0 Å². The van der Waals surface area contributed by atoms with Crippen molar-refractivity contribution in [3.63, 3.8) is 0 Å². The molecule has 3 fully saturated rings. The highest BCUT2D eigenvalue weighted by molar-refractivity contribution is 5.80. The SMILES string of the molecule is CC1(O)CC(C(=O)N2CCC(Cc3ccc(C4CC4)cc3)CC2)C1. The molecule has 1 saturated heterocycles. The Kier molecular flexibility index (Phi) is 4.16. The van der Waals surface area contributed by atoms with E-state index in [-0.39, 0.29) is 11.8 Å². The summed E-state index contributed by atoms with van der Waals surface area (Å²) < 4.78 is 0. The summed E-state index contributed by atoms with van der Waals surface area (Å²) in [4.78, 5) is 14.5. The molecule has 2 saturated carbocycles. The van der Waals surface area contributed by atoms with Gasteiger partial charge in [-0.3, -0.25) is 4.79 Å². The fourth-order valence-corrected chi connectivity index (χ4v) is 4.47. The first-order valence-corrected chi connectivity index (χ1v) is 9.60. The summed E-state index contributed by atoms with van der Waals surface area (Å²) in [7, 11) is 0. The minimum Gasteiger partial charge on any atom is -0.390 e. The van der Waals surface area contributed by atoms with E-state index in [2.05, 4.69) is 24.3 Å². The summed E-state index contributed by atoms with van der Waals surface area (Å²) in [5, 5.41) is 9.82. The first-order chi connectivity index (χ1) is 11.5. The lowest BCUT2D eigenvalue weighted by atomic mass is 9.71. The van der Waals surface area contributed by atoms with E-state index in [4.69, 9.17) is 0 Å². The first kappa shape index (κ1) is 16.1. The molecular weight excluding hydrogens is 298 g/mol. The van der Waals surface area contributed by atoms with Gasteiger partial charge in [-0.15, -0.1) is 0 Å². The molecule has 1 aromatic rings. The second-order valence-corrected chi connectivity index (χ2v) is 8.59. The molecule has 2 aliphatic carbocycles. The Balaban J connectivity index is 1.24. The smallest absolute Gasteiger partial charge is 0.225 e. The van der Waals surface area contributed by atoms with Gasteiger partial charge in [-0.05, 0) is 74.8 Å². The summed E-state index contributed by atoms with van der Waals surface area (Å²) in [5.41, 5.74) is 2.35. The largest absolute Gasteiger partial charge is 0.390 e. The zero-order valence-electron chi connectivity index (χ0n) is 14.7. The molecule has 1 heterocycles. The van der Waals surface area contributed by atoms with Crippen LogP contribution in [0.3, 0.4) is 0 Å². The molecular formula is C21H29NO2. The van der Waals surface area contributed by atoms with Gasteiger partial charge in [0.2, 0.25) is 5.91 Å². The monoisotopic (exact) mass is 327 g/mol. The van der Waals surface area contributed by atoms with Crippen molar-refractivity contribution in [1.82, 2.24) is 4.90 Å². The van der Waals surface area contributed by atoms with Gasteiger partial charge in [0.05, 0.1) is 5.60 Å². The molecule has 0 spiro atoms. The second kappa shape index (κ2) is 6.18. The third-order valence-corrected chi connectivity index (χ3v) is 6.20. The van der Waals surface area contributed by atoms with Crippen LogP contribution in [0.5, 0.6) is 0 Å². The molecule has 3 heteroatoms. The highest BCUT2D eigenvalue weighted by atomic mass is 16.3. The molecule has 1 aromatic carbocycles. The second-order valence-electron chi connectivity index (χ2n) is 8.59. The van der Waals surface area contributed by atoms with E-state index in [0.717, 1.165) is 38.3 Å². The van der Waals surface area contributed by atoms with Crippen LogP contribution < -0.4 is 0 Å². The highest BCUT2D eigenvalue weighted by Gasteiger charge is 2.44. The van der Waals surface area contributed by atoms with Gasteiger partial charge in [-0.25, -0.2) is 0 Å². The van der Waals surface area contributed by atoms with Crippen molar-refractivity contribution < 1.29 is 9.90 Å². The lowest BCUT2D eigenvalue weighted by Gasteiger charge is -2.43. The molecule has 0 unspecified atom stereocenters. The molecule has 1 N–H and O–H groups in total. The number of piperidine rings is 1. The molecule has 0 atom stereocenters. The van der Waals surface area contributed by atoms with Crippen LogP contribution in [0, 0.1) is 11.8 Å². The molecule has 0 aromatic heterocycles. The molecule has 1 aliphatic heterocycles. The minimum absolute atomic E-state index is 0.0616. The lowest BCUT2D eigenvalue weighted by molar-refractivity contribution is -0.151. The Morgan fingerprint density at radius 2 is 1.75 bits per heavy atom. The number of hydrogen-bond donors (Lipinski definition) is 1. The van der Waals surface area contributed by atoms with Crippen molar-refractivity contribution in [3.8, 4) is 0 Å². The summed E-state index contributed by atoms with van der Waals surface area (Å²) in [6.07, 6.45) is 7.37. The maximum Gasteiger partial charge on any atom is 0.225 e. The van der Waals surface area contributed by atoms with Gasteiger partial charge in [0, 0.05) is 19.0 Å². The van der Waals surface area contributed by atoms with E-state index in [0.29, 0.717) is 18.8 Å². The van der Waals surface area contributed by atoms with Crippen LogP contribution in [0.4, 0.5) is 0 Å². The Labute approximate surface area is 145 Å². The third kappa shape index (κ3) is 3.51. The van der Waals surface area contributed by atoms with E-state index in [9.17, 15) is 9.90 Å². The molecule has 4 rings (SSSR count). The number of carbonyl (C=O) groups is 1. The van der Waals surface area contributed by atoms with Crippen molar-refractivity contribution in [2.45, 2.75) is 63.4 Å². The van der Waals surface area contributed by atoms with Crippen LogP contribution in [-0.2, 0) is 11.2 Å². The van der Waals surface area contributed by atoms with Gasteiger partial charge in [0.25, 0.3) is 0 Å². The molecule has 3 aliphatic rings. The van der Waals surface area contributed by atoms with E-state index < -0.39 is 5.60 Å². The number of rotatable bonds is 4. The van der Waals surface area contributed by atoms with Crippen molar-refractivity contribution in [2.24, 2.45) is 11.8 Å². The first-order valence-electron chi connectivity index (χ1n) is 9.60. The minimum atomic E-state index is -0.606. The summed E-state index contributed by atoms with van der Waals surface area (Å²) in [6.45, 7) is 3.61. The lowest BCUT2D eigenvalue weighted by Crippen LogP contribution is -2.51. The molecule has 0 radical (unpaired) electrons. The molecule has 1 amide bonds. The summed E-state index contributed by atoms with van der Waals surface area (Å²) in [5.74, 6) is 1.87. The maximum atomic E-state index is 12.5. The van der Waals surface area contributed by atoms with Gasteiger partial charge in [0.1, 0.15) is 0 Å². The van der Waals surface area contributed by atoms with E-state index in [1.807, 2.05) is 11.8 Å². The maximum absolute atomic E-state index is 12.5. The predicted octanol–water partition coefficient (Wildman–Crippen LogP) is 3.51.